The molecule has 24 rings (SSSR count). The zero-order chi connectivity index (χ0) is 92.3. The largest absolute Gasteiger partial charge is 0.501 e. The van der Waals surface area contributed by atoms with Gasteiger partial charge in [0.2, 0.25) is 0 Å². The van der Waals surface area contributed by atoms with E-state index in [4.69, 9.17) is 4.42 Å². The summed E-state index contributed by atoms with van der Waals surface area (Å²) in [7, 11) is 0. The molecule has 0 fully saturated rings. The maximum atomic E-state index is 6.00. The van der Waals surface area contributed by atoms with E-state index in [0.717, 1.165) is 118 Å². The van der Waals surface area contributed by atoms with Crippen molar-refractivity contribution in [3.05, 3.63) is 520 Å². The Hall–Kier alpha value is -13.5. The fraction of sp³-hybridized carbons (Fsp3) is 0.0484. The third-order valence-electron chi connectivity index (χ3n) is 22.1. The number of furan rings is 1. The molecule has 11 heterocycles. The van der Waals surface area contributed by atoms with E-state index in [1.54, 1.807) is 6.20 Å². The van der Waals surface area contributed by atoms with Crippen LogP contribution in [0.3, 0.4) is 0 Å². The molecule has 0 amide bonds. The molecule has 0 unspecified atom stereocenters. The summed E-state index contributed by atoms with van der Waals surface area (Å²) in [5.74, 6) is 0. The Labute approximate surface area is 894 Å². The number of pyridine rings is 8. The molecule has 5 radical (unpaired) electrons. The first kappa shape index (κ1) is 105. The van der Waals surface area contributed by atoms with E-state index in [1.165, 1.54) is 90.4 Å². The Balaban J connectivity index is 0.000000143. The number of hydrogen-bond acceptors (Lipinski definition) is 11. The second-order valence-corrected chi connectivity index (χ2v) is 34.0. The molecule has 0 aliphatic rings. The van der Waals surface area contributed by atoms with Gasteiger partial charge in [-0.15, -0.1) is 245 Å². The number of fused-ring (bicyclic) bond motifs is 9. The Bertz CT molecular complexity index is 7800. The summed E-state index contributed by atoms with van der Waals surface area (Å²) in [4.78, 5) is 35.2. The number of aryl methyl sites for hydroxylation is 6. The minimum atomic E-state index is 0. The molecule has 0 aliphatic carbocycles. The zero-order valence-electron chi connectivity index (χ0n) is 77.0. The quantitative estimate of drug-likeness (QED) is 0.123. The Morgan fingerprint density at radius 2 is 0.579 bits per heavy atom. The molecule has 0 saturated carbocycles. The fourth-order valence-electron chi connectivity index (χ4n) is 15.2. The SMILES string of the molecule is Cc1cc(-c2[c-]cccc2)ncc1-c1ccccc1.Cc1cc(-c2[c-]cccc2)ncc1-c1ccccc1.Cc1ccc(-c2[c-]ccc3c2oc2ccccc23)nc1.Cc1ccc(-c2[c-]cccc2)nc1.Cc1ccnc(-c2[c-]cc3sc4ccccc4c3c2)c1.Cc1ccnc(-c2[c-]cccc2)c1.[Ir].[Ir].[Ir].[Ir].[Ir].[c-]1cc2sc3ccccc3c2cc1-c1ccccn1.[c-]1ccccc1-c1ccccn1. The van der Waals surface area contributed by atoms with E-state index in [9.17, 15) is 0 Å². The van der Waals surface area contributed by atoms with Crippen LogP contribution in [0.15, 0.2) is 442 Å². The van der Waals surface area contributed by atoms with Crippen LogP contribution in [0.25, 0.3) is 175 Å². The summed E-state index contributed by atoms with van der Waals surface area (Å²) in [6.45, 7) is 12.5. The maximum Gasteiger partial charge on any atom is 0.120 e. The van der Waals surface area contributed by atoms with Crippen LogP contribution in [0.2, 0.25) is 0 Å². The first-order valence-corrected chi connectivity index (χ1v) is 46.0. The van der Waals surface area contributed by atoms with Crippen molar-refractivity contribution in [2.45, 2.75) is 41.5 Å². The minimum absolute atomic E-state index is 0. The first-order chi connectivity index (χ1) is 66.4. The molecule has 24 aromatic rings. The number of rotatable bonds is 10. The molecule has 0 bridgehead atoms. The summed E-state index contributed by atoms with van der Waals surface area (Å²) >= 11 is 3.63. The number of para-hydroxylation sites is 1. The molecule has 16 heteroatoms. The summed E-state index contributed by atoms with van der Waals surface area (Å²) in [5, 5.41) is 7.45. The summed E-state index contributed by atoms with van der Waals surface area (Å²) in [6, 6.07) is 156. The smallest absolute Gasteiger partial charge is 0.120 e. The van der Waals surface area contributed by atoms with Gasteiger partial charge in [0.15, 0.2) is 0 Å². The Kier molecular flexibility index (Phi) is 40.0. The van der Waals surface area contributed by atoms with Crippen LogP contribution in [-0.2, 0) is 101 Å². The minimum Gasteiger partial charge on any atom is -0.501 e. The molecule has 0 aliphatic heterocycles. The number of benzene rings is 13. The molecule has 0 saturated heterocycles. The van der Waals surface area contributed by atoms with Crippen LogP contribution < -0.4 is 0 Å². The Morgan fingerprint density at radius 1 is 0.221 bits per heavy atom. The van der Waals surface area contributed by atoms with E-state index in [-0.39, 0.29) is 101 Å². The third kappa shape index (κ3) is 27.8. The van der Waals surface area contributed by atoms with Crippen molar-refractivity contribution >= 4 is 85.0 Å². The van der Waals surface area contributed by atoms with E-state index in [2.05, 4.69) is 256 Å². The average molecular weight is 2730 g/mol. The van der Waals surface area contributed by atoms with Crippen molar-refractivity contribution < 1.29 is 105 Å². The standard InChI is InChI=1S/C18H12NO.C18H12NS.2C18H14N.C17H10NS.2C12H10N.C11H8N.5Ir/c1-12-9-10-16(19-11-12)15-7-4-6-14-13-5-2-3-8-17(13)20-18(14)15;1-12-8-9-19-16(10-12)13-6-7-18-15(11-13)14-4-2-3-5-17(14)20-18;2*1-14-12-18(16-10-6-3-7-11-16)19-13-17(14)15-8-4-2-5-9-15;1-2-7-16-13(5-1)14-11-12(8-9-17(14)19-16)15-6-3-4-10-18-15;1-10-7-8-13-12(9-10)11-5-3-2-4-6-11;1-10-7-8-12(13-9-10)11-5-3-2-4-6-11;1-2-6-10(7-3-1)11-8-4-5-9-12-11;;;;;/h2-6,8-11H,1H3;2-5,7-11H,1H3;2*2-10,12-13H,1H3;1-7,9-11H;2*2-5,7-9H,1H3;1-6,8-9H;;;;;/q8*-1;;;;;. The number of nitrogens with zero attached hydrogens (tertiary/aromatic N) is 8. The van der Waals surface area contributed by atoms with E-state index >= 15 is 0 Å². The van der Waals surface area contributed by atoms with Gasteiger partial charge in [-0.25, -0.2) is 0 Å². The molecule has 697 valence electrons. The second kappa shape index (κ2) is 53.1. The van der Waals surface area contributed by atoms with Gasteiger partial charge in [0.25, 0.3) is 0 Å². The molecular formula is C124H90Ir5N8OS2-8. The van der Waals surface area contributed by atoms with Gasteiger partial charge in [-0.05, 0) is 183 Å². The number of thiophene rings is 2. The summed E-state index contributed by atoms with van der Waals surface area (Å²) < 4.78 is 11.2. The average Bonchev–Trinajstić information content (AvgIpc) is 1.62. The monoisotopic (exact) mass is 2740 g/mol. The fourth-order valence-corrected chi connectivity index (χ4v) is 17.3. The van der Waals surface area contributed by atoms with Gasteiger partial charge < -0.3 is 44.3 Å². The summed E-state index contributed by atoms with van der Waals surface area (Å²) in [6.07, 6.45) is 14.9. The second-order valence-electron chi connectivity index (χ2n) is 31.8. The van der Waals surface area contributed by atoms with E-state index in [0.29, 0.717) is 0 Å². The van der Waals surface area contributed by atoms with Crippen molar-refractivity contribution in [2.24, 2.45) is 0 Å². The normalized spacial score (nSPS) is 10.2. The molecule has 13 aromatic carbocycles. The van der Waals surface area contributed by atoms with Crippen LogP contribution in [-0.4, -0.2) is 39.9 Å². The predicted molar refractivity (Wildman–Crippen MR) is 560 cm³/mol. The van der Waals surface area contributed by atoms with Gasteiger partial charge in [-0.2, -0.15) is 22.7 Å². The van der Waals surface area contributed by atoms with Gasteiger partial charge in [0, 0.05) is 176 Å². The number of aromatic nitrogens is 8. The molecule has 0 spiro atoms. The Morgan fingerprint density at radius 3 is 0.986 bits per heavy atom. The van der Waals surface area contributed by atoms with Crippen LogP contribution in [0.4, 0.5) is 0 Å². The molecule has 0 atom stereocenters. The van der Waals surface area contributed by atoms with Gasteiger partial charge in [-0.1, -0.05) is 221 Å². The molecule has 11 aromatic heterocycles. The van der Waals surface area contributed by atoms with Gasteiger partial charge in [-0.3, -0.25) is 0 Å². The van der Waals surface area contributed by atoms with Crippen LogP contribution >= 0.6 is 22.7 Å². The van der Waals surface area contributed by atoms with Crippen LogP contribution in [0.1, 0.15) is 33.4 Å². The molecular weight excluding hydrogens is 2640 g/mol. The van der Waals surface area contributed by atoms with E-state index < -0.39 is 0 Å². The van der Waals surface area contributed by atoms with Crippen molar-refractivity contribution in [1.29, 1.82) is 0 Å². The first-order valence-electron chi connectivity index (χ1n) is 44.3. The molecule has 140 heavy (non-hydrogen) atoms. The zero-order valence-corrected chi connectivity index (χ0v) is 90.6. The molecule has 9 nitrogen and oxygen atoms in total. The predicted octanol–water partition coefficient (Wildman–Crippen LogP) is 32.2. The van der Waals surface area contributed by atoms with Crippen molar-refractivity contribution in [3.8, 4) is 112 Å². The van der Waals surface area contributed by atoms with Crippen molar-refractivity contribution in [3.63, 3.8) is 0 Å². The van der Waals surface area contributed by atoms with Crippen LogP contribution in [0, 0.1) is 90.1 Å². The topological polar surface area (TPSA) is 116 Å². The van der Waals surface area contributed by atoms with Crippen LogP contribution in [0.5, 0.6) is 0 Å². The van der Waals surface area contributed by atoms with Gasteiger partial charge in [0.1, 0.15) is 5.58 Å². The molecule has 0 N–H and O–H groups in total. The number of hydrogen-bond donors (Lipinski definition) is 0. The maximum absolute atomic E-state index is 6.00. The van der Waals surface area contributed by atoms with Crippen molar-refractivity contribution in [2.75, 3.05) is 0 Å². The van der Waals surface area contributed by atoms with Crippen molar-refractivity contribution in [1.82, 2.24) is 39.9 Å². The van der Waals surface area contributed by atoms with Gasteiger partial charge >= 0.3 is 0 Å². The van der Waals surface area contributed by atoms with E-state index in [1.807, 2.05) is 329 Å². The third-order valence-corrected chi connectivity index (χ3v) is 24.3. The van der Waals surface area contributed by atoms with Gasteiger partial charge in [0.05, 0.1) is 5.58 Å². The summed E-state index contributed by atoms with van der Waals surface area (Å²) in [5.41, 5.74) is 29.7.